The standard InChI is InChI=1S/C16H9F4N5/c17-9-2-4-12-11(5-9)14(24-15(23-12)16(18,19)20)22-10-3-1-8-7-21-25-13(8)6-10/h1-7H,(H,21,25)(H,22,23,24). The maximum atomic E-state index is 13.5. The topological polar surface area (TPSA) is 66.5 Å². The highest BCUT2D eigenvalue weighted by Gasteiger charge is 2.35. The first-order valence-corrected chi connectivity index (χ1v) is 7.15. The number of aromatic nitrogens is 4. The third kappa shape index (κ3) is 2.84. The van der Waals surface area contributed by atoms with Crippen molar-refractivity contribution in [1.29, 1.82) is 0 Å². The van der Waals surface area contributed by atoms with Crippen molar-refractivity contribution >= 4 is 33.3 Å². The van der Waals surface area contributed by atoms with Crippen LogP contribution in [0.4, 0.5) is 29.1 Å². The van der Waals surface area contributed by atoms with E-state index in [0.29, 0.717) is 11.2 Å². The van der Waals surface area contributed by atoms with Crippen LogP contribution in [-0.4, -0.2) is 20.2 Å². The smallest absolute Gasteiger partial charge is 0.340 e. The van der Waals surface area contributed by atoms with E-state index in [9.17, 15) is 17.6 Å². The van der Waals surface area contributed by atoms with Gasteiger partial charge in [0.15, 0.2) is 0 Å². The Morgan fingerprint density at radius 3 is 2.64 bits per heavy atom. The van der Waals surface area contributed by atoms with E-state index in [-0.39, 0.29) is 16.7 Å². The first kappa shape index (κ1) is 15.3. The molecule has 0 unspecified atom stereocenters. The molecule has 0 saturated carbocycles. The lowest BCUT2D eigenvalue weighted by Gasteiger charge is -2.12. The predicted octanol–water partition coefficient (Wildman–Crippen LogP) is 4.41. The molecule has 126 valence electrons. The summed E-state index contributed by atoms with van der Waals surface area (Å²) in [6, 6.07) is 8.41. The molecule has 2 heterocycles. The number of nitrogens with one attached hydrogen (secondary N) is 2. The summed E-state index contributed by atoms with van der Waals surface area (Å²) in [5.41, 5.74) is 1.17. The number of hydrogen-bond donors (Lipinski definition) is 2. The van der Waals surface area contributed by atoms with Gasteiger partial charge in [-0.05, 0) is 36.4 Å². The van der Waals surface area contributed by atoms with Crippen molar-refractivity contribution < 1.29 is 17.6 Å². The van der Waals surface area contributed by atoms with Crippen molar-refractivity contribution in [3.8, 4) is 0 Å². The van der Waals surface area contributed by atoms with E-state index >= 15 is 0 Å². The van der Waals surface area contributed by atoms with Crippen molar-refractivity contribution in [1.82, 2.24) is 20.2 Å². The van der Waals surface area contributed by atoms with Gasteiger partial charge in [-0.3, -0.25) is 5.10 Å². The number of alkyl halides is 3. The zero-order chi connectivity index (χ0) is 17.6. The largest absolute Gasteiger partial charge is 0.451 e. The number of anilines is 2. The summed E-state index contributed by atoms with van der Waals surface area (Å²) >= 11 is 0. The van der Waals surface area contributed by atoms with Gasteiger partial charge in [0, 0.05) is 16.5 Å². The molecule has 2 N–H and O–H groups in total. The van der Waals surface area contributed by atoms with Crippen LogP contribution in [0.15, 0.2) is 42.6 Å². The van der Waals surface area contributed by atoms with Crippen LogP contribution in [-0.2, 0) is 6.18 Å². The van der Waals surface area contributed by atoms with Gasteiger partial charge in [0.25, 0.3) is 0 Å². The van der Waals surface area contributed by atoms with E-state index in [1.165, 1.54) is 6.07 Å². The fraction of sp³-hybridized carbons (Fsp3) is 0.0625. The molecule has 0 aliphatic rings. The number of benzene rings is 2. The average Bonchev–Trinajstić information content (AvgIpc) is 3.02. The molecular weight excluding hydrogens is 338 g/mol. The minimum Gasteiger partial charge on any atom is -0.340 e. The molecule has 4 rings (SSSR count). The molecule has 5 nitrogen and oxygen atoms in total. The summed E-state index contributed by atoms with van der Waals surface area (Å²) in [4.78, 5) is 7.01. The molecule has 0 saturated heterocycles. The minimum atomic E-state index is -4.72. The van der Waals surface area contributed by atoms with Crippen molar-refractivity contribution in [3.63, 3.8) is 0 Å². The van der Waals surface area contributed by atoms with Gasteiger partial charge in [-0.2, -0.15) is 18.3 Å². The molecule has 2 aromatic heterocycles. The highest BCUT2D eigenvalue weighted by Crippen LogP contribution is 2.32. The number of H-pyrrole nitrogens is 1. The van der Waals surface area contributed by atoms with Crippen molar-refractivity contribution in [3.05, 3.63) is 54.2 Å². The number of fused-ring (bicyclic) bond motifs is 2. The summed E-state index contributed by atoms with van der Waals surface area (Å²) in [7, 11) is 0. The fourth-order valence-electron chi connectivity index (χ4n) is 2.47. The molecule has 0 amide bonds. The Morgan fingerprint density at radius 2 is 1.84 bits per heavy atom. The van der Waals surface area contributed by atoms with Gasteiger partial charge in [-0.15, -0.1) is 0 Å². The average molecular weight is 347 g/mol. The second-order valence-electron chi connectivity index (χ2n) is 5.35. The first-order valence-electron chi connectivity index (χ1n) is 7.15. The van der Waals surface area contributed by atoms with Crippen LogP contribution in [0.3, 0.4) is 0 Å². The van der Waals surface area contributed by atoms with E-state index in [0.717, 1.165) is 17.5 Å². The highest BCUT2D eigenvalue weighted by atomic mass is 19.4. The van der Waals surface area contributed by atoms with Gasteiger partial charge in [0.2, 0.25) is 5.82 Å². The predicted molar refractivity (Wildman–Crippen MR) is 83.9 cm³/mol. The van der Waals surface area contributed by atoms with Crippen LogP contribution < -0.4 is 5.32 Å². The zero-order valence-corrected chi connectivity index (χ0v) is 12.4. The van der Waals surface area contributed by atoms with E-state index in [2.05, 4.69) is 25.5 Å². The van der Waals surface area contributed by atoms with E-state index < -0.39 is 17.8 Å². The van der Waals surface area contributed by atoms with E-state index in [4.69, 9.17) is 0 Å². The quantitative estimate of drug-likeness (QED) is 0.527. The van der Waals surface area contributed by atoms with Gasteiger partial charge >= 0.3 is 6.18 Å². The van der Waals surface area contributed by atoms with Gasteiger partial charge in [-0.25, -0.2) is 14.4 Å². The molecule has 9 heteroatoms. The Labute approximate surface area is 137 Å². The lowest BCUT2D eigenvalue weighted by Crippen LogP contribution is -2.12. The van der Waals surface area contributed by atoms with Crippen molar-refractivity contribution in [2.45, 2.75) is 6.18 Å². The lowest BCUT2D eigenvalue weighted by atomic mass is 10.2. The number of halogens is 4. The summed E-state index contributed by atoms with van der Waals surface area (Å²) in [6.45, 7) is 0. The molecule has 25 heavy (non-hydrogen) atoms. The lowest BCUT2D eigenvalue weighted by molar-refractivity contribution is -0.144. The van der Waals surface area contributed by atoms with Crippen LogP contribution in [0.5, 0.6) is 0 Å². The van der Waals surface area contributed by atoms with Crippen LogP contribution in [0.25, 0.3) is 21.8 Å². The first-order chi connectivity index (χ1) is 11.9. The summed E-state index contributed by atoms with van der Waals surface area (Å²) in [6.07, 6.45) is -3.09. The molecule has 0 radical (unpaired) electrons. The minimum absolute atomic E-state index is 0.00570. The molecule has 0 spiro atoms. The Balaban J connectivity index is 1.87. The van der Waals surface area contributed by atoms with Crippen LogP contribution in [0.1, 0.15) is 5.82 Å². The van der Waals surface area contributed by atoms with Crippen LogP contribution in [0, 0.1) is 5.82 Å². The third-order valence-corrected chi connectivity index (χ3v) is 3.62. The van der Waals surface area contributed by atoms with Gasteiger partial charge in [-0.1, -0.05) is 0 Å². The Hall–Kier alpha value is -3.23. The van der Waals surface area contributed by atoms with Crippen LogP contribution >= 0.6 is 0 Å². The number of nitrogens with zero attached hydrogens (tertiary/aromatic N) is 3. The molecule has 0 atom stereocenters. The summed E-state index contributed by atoms with van der Waals surface area (Å²) < 4.78 is 52.7. The second kappa shape index (κ2) is 5.40. The third-order valence-electron chi connectivity index (χ3n) is 3.62. The van der Waals surface area contributed by atoms with E-state index in [1.807, 2.05) is 0 Å². The Bertz CT molecular complexity index is 1090. The number of rotatable bonds is 2. The van der Waals surface area contributed by atoms with Crippen molar-refractivity contribution in [2.75, 3.05) is 5.32 Å². The molecule has 2 aromatic carbocycles. The molecular formula is C16H9F4N5. The highest BCUT2D eigenvalue weighted by molar-refractivity contribution is 5.92. The van der Waals surface area contributed by atoms with Gasteiger partial charge in [0.05, 0.1) is 17.2 Å². The Kier molecular flexibility index (Phi) is 3.31. The summed E-state index contributed by atoms with van der Waals surface area (Å²) in [5, 5.41) is 10.4. The van der Waals surface area contributed by atoms with Crippen LogP contribution in [0.2, 0.25) is 0 Å². The van der Waals surface area contributed by atoms with Gasteiger partial charge in [0.1, 0.15) is 11.6 Å². The SMILES string of the molecule is Fc1ccc2nc(C(F)(F)F)nc(Nc3ccc4cn[nH]c4c3)c2c1. The van der Waals surface area contributed by atoms with E-state index in [1.54, 1.807) is 24.4 Å². The molecule has 0 aliphatic heterocycles. The zero-order valence-electron chi connectivity index (χ0n) is 12.4. The maximum Gasteiger partial charge on any atom is 0.451 e. The Morgan fingerprint density at radius 1 is 1.00 bits per heavy atom. The molecule has 0 aliphatic carbocycles. The normalized spacial score (nSPS) is 12.0. The summed E-state index contributed by atoms with van der Waals surface area (Å²) in [5.74, 6) is -2.02. The molecule has 0 fully saturated rings. The monoisotopic (exact) mass is 347 g/mol. The number of hydrogen-bond acceptors (Lipinski definition) is 4. The molecule has 4 aromatic rings. The van der Waals surface area contributed by atoms with Crippen molar-refractivity contribution in [2.24, 2.45) is 0 Å². The van der Waals surface area contributed by atoms with Gasteiger partial charge < -0.3 is 5.32 Å². The second-order valence-corrected chi connectivity index (χ2v) is 5.35. The molecule has 0 bridgehead atoms. The fourth-order valence-corrected chi connectivity index (χ4v) is 2.47. The number of aromatic amines is 1. The maximum absolute atomic E-state index is 13.5.